The first-order valence-electron chi connectivity index (χ1n) is 9.86. The summed E-state index contributed by atoms with van der Waals surface area (Å²) < 4.78 is 27.2. The molecule has 0 fully saturated rings. The van der Waals surface area contributed by atoms with E-state index in [9.17, 15) is 13.2 Å². The molecule has 0 atom stereocenters. The van der Waals surface area contributed by atoms with Gasteiger partial charge in [0.1, 0.15) is 0 Å². The Kier molecular flexibility index (Phi) is 6.58. The van der Waals surface area contributed by atoms with E-state index in [1.165, 1.54) is 17.7 Å². The minimum absolute atomic E-state index is 0.0708. The number of rotatable bonds is 8. The lowest BCUT2D eigenvalue weighted by Crippen LogP contribution is -2.14. The highest BCUT2D eigenvalue weighted by Crippen LogP contribution is 2.24. The van der Waals surface area contributed by atoms with Gasteiger partial charge < -0.3 is 0 Å². The highest BCUT2D eigenvalue weighted by molar-refractivity contribution is 7.93. The number of hydrogen-bond acceptors (Lipinski definition) is 6. The van der Waals surface area contributed by atoms with Gasteiger partial charge in [-0.3, -0.25) is 14.8 Å². The van der Waals surface area contributed by atoms with E-state index in [1.54, 1.807) is 30.3 Å². The molecule has 2 N–H and O–H groups in total. The van der Waals surface area contributed by atoms with Crippen LogP contribution >= 0.6 is 11.3 Å². The molecule has 7 nitrogen and oxygen atoms in total. The van der Waals surface area contributed by atoms with Crippen LogP contribution < -0.4 is 10.0 Å². The molecule has 0 aliphatic carbocycles. The van der Waals surface area contributed by atoms with Gasteiger partial charge in [0.05, 0.1) is 4.90 Å². The van der Waals surface area contributed by atoms with E-state index in [0.29, 0.717) is 12.0 Å². The minimum Gasteiger partial charge on any atom is -0.296 e. The number of nitrogens with zero attached hydrogens (tertiary/aromatic N) is 2. The van der Waals surface area contributed by atoms with Gasteiger partial charge in [-0.25, -0.2) is 8.42 Å². The molecule has 0 saturated heterocycles. The van der Waals surface area contributed by atoms with Crippen LogP contribution in [0.3, 0.4) is 0 Å². The Balaban J connectivity index is 1.43. The molecule has 9 heteroatoms. The van der Waals surface area contributed by atoms with Gasteiger partial charge in [-0.15, -0.1) is 10.2 Å². The molecular formula is C23H20N4O3S2. The zero-order valence-electron chi connectivity index (χ0n) is 16.9. The largest absolute Gasteiger partial charge is 0.296 e. The Labute approximate surface area is 190 Å². The van der Waals surface area contributed by atoms with Crippen molar-refractivity contribution in [1.82, 2.24) is 10.2 Å². The number of hydrogen-bond donors (Lipinski definition) is 2. The molecule has 1 amide bonds. The van der Waals surface area contributed by atoms with E-state index < -0.39 is 10.0 Å². The van der Waals surface area contributed by atoms with Crippen molar-refractivity contribution >= 4 is 37.5 Å². The van der Waals surface area contributed by atoms with Gasteiger partial charge in [0, 0.05) is 5.56 Å². The van der Waals surface area contributed by atoms with E-state index in [0.717, 1.165) is 23.3 Å². The van der Waals surface area contributed by atoms with Crippen molar-refractivity contribution < 1.29 is 13.2 Å². The lowest BCUT2D eigenvalue weighted by molar-refractivity contribution is 0.102. The van der Waals surface area contributed by atoms with Crippen LogP contribution in [0.15, 0.2) is 89.8 Å². The van der Waals surface area contributed by atoms with Gasteiger partial charge in [-0.2, -0.15) is 0 Å². The first-order chi connectivity index (χ1) is 15.5. The highest BCUT2D eigenvalue weighted by Gasteiger charge is 2.18. The Hall–Kier alpha value is -3.56. The predicted molar refractivity (Wildman–Crippen MR) is 125 cm³/mol. The van der Waals surface area contributed by atoms with Crippen molar-refractivity contribution in [3.8, 4) is 0 Å². The summed E-state index contributed by atoms with van der Waals surface area (Å²) in [5, 5.41) is 10.7. The van der Waals surface area contributed by atoms with Crippen LogP contribution in [0, 0.1) is 0 Å². The summed E-state index contributed by atoms with van der Waals surface area (Å²) >= 11 is 0.949. The van der Waals surface area contributed by atoms with Gasteiger partial charge >= 0.3 is 0 Å². The molecule has 0 aliphatic heterocycles. The number of sulfonamides is 1. The van der Waals surface area contributed by atoms with Crippen molar-refractivity contribution in [3.63, 3.8) is 0 Å². The quantitative estimate of drug-likeness (QED) is 0.403. The molecule has 1 heterocycles. The molecule has 0 bridgehead atoms. The predicted octanol–water partition coefficient (Wildman–Crippen LogP) is 4.38. The van der Waals surface area contributed by atoms with Crippen LogP contribution in [-0.2, 0) is 22.9 Å². The molecule has 0 unspecified atom stereocenters. The summed E-state index contributed by atoms with van der Waals surface area (Å²) in [6.45, 7) is 0. The minimum atomic E-state index is -3.78. The number of carbonyl (C=O) groups excluding carboxylic acids is 1. The fourth-order valence-corrected chi connectivity index (χ4v) is 5.03. The number of anilines is 2. The van der Waals surface area contributed by atoms with Crippen LogP contribution in [0.5, 0.6) is 0 Å². The standard InChI is InChI=1S/C23H20N4O3S2/c28-21(20-14-8-7-11-18(20)16-15-17-9-3-1-4-10-17)24-22-25-26-23(31-22)27-32(29,30)19-12-5-2-6-13-19/h1-14H,15-16H2,(H,26,27)(H,24,25,28). The second-order valence-electron chi connectivity index (χ2n) is 6.93. The van der Waals surface area contributed by atoms with Gasteiger partial charge in [0.25, 0.3) is 15.9 Å². The van der Waals surface area contributed by atoms with Crippen molar-refractivity contribution in [3.05, 3.63) is 102 Å². The van der Waals surface area contributed by atoms with E-state index in [-0.39, 0.29) is 21.1 Å². The summed E-state index contributed by atoms with van der Waals surface area (Å²) in [5.41, 5.74) is 2.66. The summed E-state index contributed by atoms with van der Waals surface area (Å²) in [6, 6.07) is 25.4. The summed E-state index contributed by atoms with van der Waals surface area (Å²) in [5.74, 6) is -0.317. The molecule has 0 aliphatic rings. The van der Waals surface area contributed by atoms with Crippen LogP contribution in [0.2, 0.25) is 0 Å². The number of benzene rings is 3. The van der Waals surface area contributed by atoms with E-state index >= 15 is 0 Å². The highest BCUT2D eigenvalue weighted by atomic mass is 32.2. The normalized spacial score (nSPS) is 11.1. The first-order valence-corrected chi connectivity index (χ1v) is 12.2. The van der Waals surface area contributed by atoms with Gasteiger partial charge in [-0.1, -0.05) is 78.1 Å². The van der Waals surface area contributed by atoms with Crippen LogP contribution in [0.1, 0.15) is 21.5 Å². The van der Waals surface area contributed by atoms with Crippen LogP contribution in [-0.4, -0.2) is 24.5 Å². The summed E-state index contributed by atoms with van der Waals surface area (Å²) in [7, 11) is -3.78. The molecule has 4 aromatic rings. The van der Waals surface area contributed by atoms with Gasteiger partial charge in [0.2, 0.25) is 10.3 Å². The average molecular weight is 465 g/mol. The second kappa shape index (κ2) is 9.71. The van der Waals surface area contributed by atoms with Crippen molar-refractivity contribution in [2.24, 2.45) is 0 Å². The Morgan fingerprint density at radius 1 is 0.781 bits per heavy atom. The third kappa shape index (κ3) is 5.37. The maximum absolute atomic E-state index is 12.9. The second-order valence-corrected chi connectivity index (χ2v) is 9.59. The monoisotopic (exact) mass is 464 g/mol. The van der Waals surface area contributed by atoms with E-state index in [2.05, 4.69) is 32.4 Å². The SMILES string of the molecule is O=C(Nc1nnc(NS(=O)(=O)c2ccccc2)s1)c1ccccc1CCc1ccccc1. The third-order valence-corrected chi connectivity index (χ3v) is 6.95. The van der Waals surface area contributed by atoms with Crippen molar-refractivity contribution in [1.29, 1.82) is 0 Å². The zero-order valence-corrected chi connectivity index (χ0v) is 18.6. The molecule has 32 heavy (non-hydrogen) atoms. The maximum atomic E-state index is 12.9. The lowest BCUT2D eigenvalue weighted by Gasteiger charge is -2.09. The van der Waals surface area contributed by atoms with Gasteiger partial charge in [-0.05, 0) is 42.2 Å². The number of amides is 1. The zero-order chi connectivity index (χ0) is 22.4. The number of aryl methyl sites for hydroxylation is 2. The van der Waals surface area contributed by atoms with E-state index in [4.69, 9.17) is 0 Å². The molecular weight excluding hydrogens is 444 g/mol. The molecule has 0 saturated carbocycles. The third-order valence-electron chi connectivity index (χ3n) is 4.71. The Morgan fingerprint density at radius 3 is 2.16 bits per heavy atom. The van der Waals surface area contributed by atoms with Crippen molar-refractivity contribution in [2.75, 3.05) is 10.0 Å². The fraction of sp³-hybridized carbons (Fsp3) is 0.0870. The fourth-order valence-electron chi connectivity index (χ4n) is 3.14. The van der Waals surface area contributed by atoms with Crippen LogP contribution in [0.25, 0.3) is 0 Å². The summed E-state index contributed by atoms with van der Waals surface area (Å²) in [6.07, 6.45) is 1.53. The molecule has 162 valence electrons. The van der Waals surface area contributed by atoms with Crippen molar-refractivity contribution in [2.45, 2.75) is 17.7 Å². The summed E-state index contributed by atoms with van der Waals surface area (Å²) in [4.78, 5) is 13.0. The first kappa shape index (κ1) is 21.7. The van der Waals surface area contributed by atoms with Crippen LogP contribution in [0.4, 0.5) is 10.3 Å². The molecule has 4 rings (SSSR count). The number of aromatic nitrogens is 2. The number of nitrogens with one attached hydrogen (secondary N) is 2. The maximum Gasteiger partial charge on any atom is 0.263 e. The number of carbonyl (C=O) groups is 1. The molecule has 1 aromatic heterocycles. The molecule has 3 aromatic carbocycles. The Bertz CT molecular complexity index is 1310. The average Bonchev–Trinajstić information content (AvgIpc) is 3.25. The molecule has 0 radical (unpaired) electrons. The van der Waals surface area contributed by atoms with Gasteiger partial charge in [0.15, 0.2) is 0 Å². The topological polar surface area (TPSA) is 101 Å². The smallest absolute Gasteiger partial charge is 0.263 e. The molecule has 0 spiro atoms. The lowest BCUT2D eigenvalue weighted by atomic mass is 9.99. The Morgan fingerprint density at radius 2 is 1.41 bits per heavy atom. The van der Waals surface area contributed by atoms with E-state index in [1.807, 2.05) is 30.3 Å².